The Morgan fingerprint density at radius 3 is 1.27 bits per heavy atom. The molecule has 105 heavy (non-hydrogen) atoms. The maximum Gasteiger partial charge on any atom is 0.143 e. The average Bonchev–Trinajstić information content (AvgIpc) is 1.62. The molecule has 4 nitrogen and oxygen atoms in total. The predicted octanol–water partition coefficient (Wildman–Crippen LogP) is 28.7. The van der Waals surface area contributed by atoms with Crippen LogP contribution in [0.2, 0.25) is 0 Å². The van der Waals surface area contributed by atoms with Crippen LogP contribution in [0.1, 0.15) is 25.0 Å². The topological polar surface area (TPSA) is 32.8 Å². The van der Waals surface area contributed by atoms with E-state index in [0.717, 1.165) is 123 Å². The highest BCUT2D eigenvalue weighted by Gasteiger charge is 2.35. The number of hydrogen-bond acceptors (Lipinski definition) is 4. The largest absolute Gasteiger partial charge is 0.456 e. The minimum atomic E-state index is -0.0910. The van der Waals surface area contributed by atoms with E-state index in [1.807, 2.05) is 18.2 Å². The third-order valence-electron chi connectivity index (χ3n) is 21.9. The summed E-state index contributed by atoms with van der Waals surface area (Å²) in [5.41, 5.74) is 31.4. The summed E-state index contributed by atoms with van der Waals surface area (Å²) in [6, 6.07) is 137. The molecular formula is C101H68N2O2. The van der Waals surface area contributed by atoms with Gasteiger partial charge in [0.2, 0.25) is 0 Å². The van der Waals surface area contributed by atoms with Crippen LogP contribution >= 0.6 is 0 Å². The highest BCUT2D eigenvalue weighted by atomic mass is 16.3. The van der Waals surface area contributed by atoms with Gasteiger partial charge in [-0.1, -0.05) is 287 Å². The van der Waals surface area contributed by atoms with Gasteiger partial charge in [0.15, 0.2) is 0 Å². The van der Waals surface area contributed by atoms with Gasteiger partial charge in [0, 0.05) is 66.6 Å². The zero-order valence-corrected chi connectivity index (χ0v) is 58.0. The molecule has 4 heteroatoms. The van der Waals surface area contributed by atoms with E-state index in [1.54, 1.807) is 0 Å². The van der Waals surface area contributed by atoms with Crippen LogP contribution in [-0.4, -0.2) is 0 Å². The van der Waals surface area contributed by atoms with E-state index >= 15 is 0 Å². The third kappa shape index (κ3) is 10.5. The molecule has 17 aromatic carbocycles. The van der Waals surface area contributed by atoms with Crippen molar-refractivity contribution in [3.63, 3.8) is 0 Å². The monoisotopic (exact) mass is 1340 g/mol. The van der Waals surface area contributed by atoms with E-state index in [4.69, 9.17) is 8.83 Å². The van der Waals surface area contributed by atoms with Crippen LogP contribution < -0.4 is 9.80 Å². The van der Waals surface area contributed by atoms with E-state index in [1.165, 1.54) is 77.2 Å². The molecule has 0 spiro atoms. The van der Waals surface area contributed by atoms with Crippen molar-refractivity contribution in [3.05, 3.63) is 387 Å². The number of para-hydroxylation sites is 3. The minimum Gasteiger partial charge on any atom is -0.456 e. The van der Waals surface area contributed by atoms with Gasteiger partial charge in [-0.05, 0) is 219 Å². The van der Waals surface area contributed by atoms with Crippen molar-refractivity contribution in [2.24, 2.45) is 0 Å². The Balaban J connectivity index is 0.630. The van der Waals surface area contributed by atoms with Gasteiger partial charge in [0.25, 0.3) is 0 Å². The van der Waals surface area contributed by atoms with Gasteiger partial charge >= 0.3 is 0 Å². The average molecular weight is 1340 g/mol. The first-order valence-electron chi connectivity index (χ1n) is 36.2. The second-order valence-electron chi connectivity index (χ2n) is 28.3. The van der Waals surface area contributed by atoms with E-state index in [0.29, 0.717) is 0 Å². The van der Waals surface area contributed by atoms with Crippen LogP contribution in [0.4, 0.5) is 34.1 Å². The molecule has 0 aliphatic heterocycles. The van der Waals surface area contributed by atoms with Gasteiger partial charge in [0.1, 0.15) is 22.3 Å². The summed E-state index contributed by atoms with van der Waals surface area (Å²) < 4.78 is 12.9. The predicted molar refractivity (Wildman–Crippen MR) is 441 cm³/mol. The van der Waals surface area contributed by atoms with E-state index in [9.17, 15) is 0 Å². The number of furan rings is 2. The number of hydrogen-bond donors (Lipinski definition) is 0. The van der Waals surface area contributed by atoms with E-state index in [-0.39, 0.29) is 5.41 Å². The molecule has 0 amide bonds. The molecule has 494 valence electrons. The zero-order valence-electron chi connectivity index (χ0n) is 58.0. The molecule has 0 fully saturated rings. The Labute approximate surface area is 609 Å². The van der Waals surface area contributed by atoms with Gasteiger partial charge in [-0.2, -0.15) is 0 Å². The molecule has 2 heterocycles. The molecule has 2 aromatic heterocycles. The lowest BCUT2D eigenvalue weighted by atomic mass is 9.81. The molecule has 0 atom stereocenters. The number of nitrogens with zero attached hydrogens (tertiary/aromatic N) is 2. The van der Waals surface area contributed by atoms with E-state index < -0.39 is 0 Å². The molecule has 0 saturated carbocycles. The molecule has 0 unspecified atom stereocenters. The molecule has 20 rings (SSSR count). The van der Waals surface area contributed by atoms with Crippen molar-refractivity contribution in [1.82, 2.24) is 0 Å². The number of rotatable bonds is 13. The highest BCUT2D eigenvalue weighted by Crippen LogP contribution is 2.51. The first kappa shape index (κ1) is 61.3. The van der Waals surface area contributed by atoms with Crippen molar-refractivity contribution in [2.75, 3.05) is 9.80 Å². The fourth-order valence-corrected chi connectivity index (χ4v) is 16.7. The maximum absolute atomic E-state index is 6.52. The Hall–Kier alpha value is -13.5. The number of benzene rings is 17. The Kier molecular flexibility index (Phi) is 14.6. The minimum absolute atomic E-state index is 0.0910. The summed E-state index contributed by atoms with van der Waals surface area (Å²) in [5, 5.41) is 9.35. The van der Waals surface area contributed by atoms with Crippen LogP contribution in [0, 0.1) is 0 Å². The second kappa shape index (κ2) is 24.9. The third-order valence-corrected chi connectivity index (χ3v) is 21.9. The van der Waals surface area contributed by atoms with E-state index in [2.05, 4.69) is 382 Å². The molecule has 1 aliphatic carbocycles. The second-order valence-corrected chi connectivity index (χ2v) is 28.3. The van der Waals surface area contributed by atoms with Crippen LogP contribution in [0.25, 0.3) is 154 Å². The summed E-state index contributed by atoms with van der Waals surface area (Å²) in [5.74, 6) is 0. The molecule has 1 aliphatic rings. The van der Waals surface area contributed by atoms with Gasteiger partial charge in [-0.3, -0.25) is 0 Å². The van der Waals surface area contributed by atoms with Crippen LogP contribution in [0.3, 0.4) is 0 Å². The normalized spacial score (nSPS) is 12.4. The Morgan fingerprint density at radius 1 is 0.210 bits per heavy atom. The summed E-state index contributed by atoms with van der Waals surface area (Å²) >= 11 is 0. The zero-order chi connectivity index (χ0) is 69.7. The molecule has 19 aromatic rings. The fourth-order valence-electron chi connectivity index (χ4n) is 16.7. The molecule has 0 N–H and O–H groups in total. The van der Waals surface area contributed by atoms with Crippen molar-refractivity contribution >= 4 is 99.5 Å². The SMILES string of the molecule is CC1(C)c2ccccc2-c2ccc(-c3ccc(N(c4ccc(-c5cccc6oc7ccccc7c56)cc4)c4cccc(-c5cccc(-c6cccc7c(-c8ccc(N(c9ccc(-c%10cccc%11ccccc%10%11)cc9)c9ccc(-c%10cccc%11c%10oc%10ccccc%10%11)cc9)cc8)cccc67)c5)c4)cc3)cc21. The van der Waals surface area contributed by atoms with Gasteiger partial charge < -0.3 is 18.6 Å². The number of anilines is 6. The quantitative estimate of drug-likeness (QED) is 0.115. The maximum atomic E-state index is 6.52. The molecule has 0 saturated heterocycles. The van der Waals surface area contributed by atoms with Crippen LogP contribution in [0.15, 0.2) is 385 Å². The summed E-state index contributed by atoms with van der Waals surface area (Å²) in [6.07, 6.45) is 0. The van der Waals surface area contributed by atoms with Crippen molar-refractivity contribution in [2.45, 2.75) is 19.3 Å². The lowest BCUT2D eigenvalue weighted by molar-refractivity contribution is 0.660. The van der Waals surface area contributed by atoms with Crippen LogP contribution in [0.5, 0.6) is 0 Å². The highest BCUT2D eigenvalue weighted by molar-refractivity contribution is 6.13. The Bertz CT molecular complexity index is 6590. The summed E-state index contributed by atoms with van der Waals surface area (Å²) in [6.45, 7) is 4.70. The lowest BCUT2D eigenvalue weighted by Gasteiger charge is -2.27. The Morgan fingerprint density at radius 2 is 0.600 bits per heavy atom. The first-order valence-corrected chi connectivity index (χ1v) is 36.2. The smallest absolute Gasteiger partial charge is 0.143 e. The van der Waals surface area contributed by atoms with Crippen molar-refractivity contribution < 1.29 is 8.83 Å². The van der Waals surface area contributed by atoms with Crippen LogP contribution in [-0.2, 0) is 5.41 Å². The first-order chi connectivity index (χ1) is 51.8. The van der Waals surface area contributed by atoms with Crippen molar-refractivity contribution in [3.8, 4) is 89.0 Å². The van der Waals surface area contributed by atoms with Gasteiger partial charge in [-0.15, -0.1) is 0 Å². The molecular weight excluding hydrogens is 1270 g/mol. The van der Waals surface area contributed by atoms with Crippen molar-refractivity contribution in [1.29, 1.82) is 0 Å². The number of fused-ring (bicyclic) bond motifs is 11. The fraction of sp³-hybridized carbons (Fsp3) is 0.0297. The van der Waals surface area contributed by atoms with Gasteiger partial charge in [-0.25, -0.2) is 0 Å². The molecule has 0 bridgehead atoms. The lowest BCUT2D eigenvalue weighted by Crippen LogP contribution is -2.14. The summed E-state index contributed by atoms with van der Waals surface area (Å²) in [7, 11) is 0. The summed E-state index contributed by atoms with van der Waals surface area (Å²) in [4.78, 5) is 4.75. The standard InChI is InChI=1S/C101H68N2O2/c1-101(2)94-36-8-5-25-89(94)90-61-50-73(64-95(90)101)65-40-51-78(52-41-65)103(79-57-46-69(47-58-79)85-31-17-39-98-99(85)93-27-7-10-38-97(93)104-98)80-23-12-21-72(63-80)71-20-11-22-74(62-71)84-30-15-33-87-83(29-14-34-88(84)87)68-44-55-76(56-45-68)102(75-53-42-67(43-54-75)82-28-13-19-66-18-3-4-24-81(66)82)77-59-48-70(49-60-77)86-32-16-35-92-91-26-6-9-37-96(91)105-100(86)92/h3-64H,1-2H3. The van der Waals surface area contributed by atoms with Gasteiger partial charge in [0.05, 0.1) is 0 Å². The molecule has 0 radical (unpaired) electrons.